The molecular weight excluding hydrogens is 230 g/mol. The van der Waals surface area contributed by atoms with Crippen LogP contribution < -0.4 is 15.0 Å². The predicted molar refractivity (Wildman–Crippen MR) is 69.9 cm³/mol. The van der Waals surface area contributed by atoms with Gasteiger partial charge in [-0.15, -0.1) is 0 Å². The summed E-state index contributed by atoms with van der Waals surface area (Å²) in [5.41, 5.74) is 1.57. The highest BCUT2D eigenvalue weighted by atomic mass is 16.5. The molecular formula is C14H15NO3. The number of para-hydroxylation sites is 1. The molecule has 0 amide bonds. The first kappa shape index (κ1) is 12.2. The summed E-state index contributed by atoms with van der Waals surface area (Å²) in [5.74, 6) is 1.15. The summed E-state index contributed by atoms with van der Waals surface area (Å²) in [7, 11) is 3.13. The maximum Gasteiger partial charge on any atom is 0.255 e. The molecule has 0 fully saturated rings. The molecule has 2 rings (SSSR count). The lowest BCUT2D eigenvalue weighted by molar-refractivity contribution is 0.353. The average Bonchev–Trinajstić information content (AvgIpc) is 2.40. The number of aryl methyl sites for hydroxylation is 1. The molecule has 0 radical (unpaired) electrons. The van der Waals surface area contributed by atoms with Crippen molar-refractivity contribution in [3.05, 3.63) is 52.4 Å². The van der Waals surface area contributed by atoms with E-state index in [1.165, 1.54) is 6.07 Å². The number of ether oxygens (including phenoxy) is 2. The Morgan fingerprint density at radius 3 is 2.50 bits per heavy atom. The van der Waals surface area contributed by atoms with Crippen LogP contribution in [0.3, 0.4) is 0 Å². The number of methoxy groups -OCH3 is 2. The number of benzene rings is 1. The Morgan fingerprint density at radius 1 is 1.06 bits per heavy atom. The Morgan fingerprint density at radius 2 is 1.83 bits per heavy atom. The number of hydrogen-bond acceptors (Lipinski definition) is 3. The lowest BCUT2D eigenvalue weighted by Crippen LogP contribution is -2.17. The molecule has 0 saturated carbocycles. The number of pyridine rings is 1. The second-order valence-electron chi connectivity index (χ2n) is 3.93. The first-order valence-corrected chi connectivity index (χ1v) is 5.58. The molecule has 1 heterocycles. The molecule has 1 aromatic heterocycles. The van der Waals surface area contributed by atoms with E-state index in [0.717, 1.165) is 5.56 Å². The topological polar surface area (TPSA) is 40.5 Å². The van der Waals surface area contributed by atoms with Crippen LogP contribution in [0.5, 0.6) is 11.5 Å². The summed E-state index contributed by atoms with van der Waals surface area (Å²) < 4.78 is 12.1. The quantitative estimate of drug-likeness (QED) is 0.832. The van der Waals surface area contributed by atoms with Crippen molar-refractivity contribution in [3.63, 3.8) is 0 Å². The van der Waals surface area contributed by atoms with Crippen LogP contribution in [0.1, 0.15) is 5.56 Å². The molecule has 94 valence electrons. The largest absolute Gasteiger partial charge is 0.493 e. The Labute approximate surface area is 105 Å². The smallest absolute Gasteiger partial charge is 0.255 e. The number of nitrogens with zero attached hydrogens (tertiary/aromatic N) is 1. The fourth-order valence-electron chi connectivity index (χ4n) is 1.84. The molecule has 0 aliphatic carbocycles. The summed E-state index contributed by atoms with van der Waals surface area (Å²) in [6.07, 6.45) is 1.78. The van der Waals surface area contributed by atoms with Crippen LogP contribution in [0, 0.1) is 6.92 Å². The van der Waals surface area contributed by atoms with Crippen LogP contribution in [-0.2, 0) is 0 Å². The molecule has 0 aliphatic heterocycles. The highest BCUT2D eigenvalue weighted by Crippen LogP contribution is 2.32. The monoisotopic (exact) mass is 245 g/mol. The Hall–Kier alpha value is -2.23. The minimum Gasteiger partial charge on any atom is -0.493 e. The fraction of sp³-hybridized carbons (Fsp3) is 0.214. The van der Waals surface area contributed by atoms with E-state index in [-0.39, 0.29) is 5.56 Å². The van der Waals surface area contributed by atoms with Crippen LogP contribution in [0.2, 0.25) is 0 Å². The summed E-state index contributed by atoms with van der Waals surface area (Å²) >= 11 is 0. The third-order valence-electron chi connectivity index (χ3n) is 2.70. The van der Waals surface area contributed by atoms with Crippen LogP contribution in [0.25, 0.3) is 5.69 Å². The standard InChI is InChI=1S/C14H15NO3/c1-10-7-8-13(16)15(9-10)11-5-4-6-12(17-2)14(11)18-3/h4-9H,1-3H3. The number of hydrogen-bond donors (Lipinski definition) is 0. The SMILES string of the molecule is COc1cccc(-n2cc(C)ccc2=O)c1OC. The van der Waals surface area contributed by atoms with E-state index >= 15 is 0 Å². The molecule has 0 saturated heterocycles. The van der Waals surface area contributed by atoms with Crippen LogP contribution in [0.15, 0.2) is 41.3 Å². The van der Waals surface area contributed by atoms with Gasteiger partial charge in [-0.05, 0) is 24.6 Å². The molecule has 1 aromatic carbocycles. The predicted octanol–water partition coefficient (Wildman–Crippen LogP) is 2.16. The van der Waals surface area contributed by atoms with Crippen molar-refractivity contribution < 1.29 is 9.47 Å². The number of rotatable bonds is 3. The van der Waals surface area contributed by atoms with Gasteiger partial charge in [0.05, 0.1) is 19.9 Å². The van der Waals surface area contributed by atoms with Gasteiger partial charge >= 0.3 is 0 Å². The van der Waals surface area contributed by atoms with Crippen molar-refractivity contribution in [2.24, 2.45) is 0 Å². The van der Waals surface area contributed by atoms with Gasteiger partial charge in [-0.1, -0.05) is 12.1 Å². The van der Waals surface area contributed by atoms with E-state index in [2.05, 4.69) is 0 Å². The van der Waals surface area contributed by atoms with Gasteiger partial charge in [0.15, 0.2) is 11.5 Å². The third kappa shape index (κ3) is 2.09. The zero-order chi connectivity index (χ0) is 13.1. The van der Waals surface area contributed by atoms with Gasteiger partial charge in [-0.2, -0.15) is 0 Å². The normalized spacial score (nSPS) is 10.2. The lowest BCUT2D eigenvalue weighted by Gasteiger charge is -2.14. The average molecular weight is 245 g/mol. The molecule has 2 aromatic rings. The summed E-state index contributed by atoms with van der Waals surface area (Å²) in [6.45, 7) is 1.93. The van der Waals surface area contributed by atoms with E-state index in [1.807, 2.05) is 19.1 Å². The second-order valence-corrected chi connectivity index (χ2v) is 3.93. The molecule has 0 bridgehead atoms. The third-order valence-corrected chi connectivity index (χ3v) is 2.70. The van der Waals surface area contributed by atoms with Crippen molar-refractivity contribution in [2.45, 2.75) is 6.92 Å². The maximum atomic E-state index is 11.9. The van der Waals surface area contributed by atoms with Gasteiger partial charge in [-0.3, -0.25) is 9.36 Å². The highest BCUT2D eigenvalue weighted by molar-refractivity contribution is 5.55. The molecule has 0 unspecified atom stereocenters. The minimum atomic E-state index is -0.104. The molecule has 0 aliphatic rings. The molecule has 18 heavy (non-hydrogen) atoms. The van der Waals surface area contributed by atoms with Gasteiger partial charge in [-0.25, -0.2) is 0 Å². The Bertz CT molecular complexity index is 617. The van der Waals surface area contributed by atoms with Crippen molar-refractivity contribution >= 4 is 0 Å². The highest BCUT2D eigenvalue weighted by Gasteiger charge is 2.11. The first-order valence-electron chi connectivity index (χ1n) is 5.58. The number of aromatic nitrogens is 1. The van der Waals surface area contributed by atoms with Gasteiger partial charge in [0, 0.05) is 12.3 Å². The molecule has 0 N–H and O–H groups in total. The van der Waals surface area contributed by atoms with Gasteiger partial charge in [0.1, 0.15) is 0 Å². The zero-order valence-corrected chi connectivity index (χ0v) is 10.6. The first-order chi connectivity index (χ1) is 8.67. The van der Waals surface area contributed by atoms with E-state index < -0.39 is 0 Å². The van der Waals surface area contributed by atoms with E-state index in [0.29, 0.717) is 17.2 Å². The van der Waals surface area contributed by atoms with Crippen molar-refractivity contribution in [2.75, 3.05) is 14.2 Å². The van der Waals surface area contributed by atoms with E-state index in [9.17, 15) is 4.79 Å². The van der Waals surface area contributed by atoms with Gasteiger partial charge < -0.3 is 9.47 Å². The summed E-state index contributed by atoms with van der Waals surface area (Å²) in [5, 5.41) is 0. The fourth-order valence-corrected chi connectivity index (χ4v) is 1.84. The molecule has 0 spiro atoms. The summed E-state index contributed by atoms with van der Waals surface area (Å²) in [6, 6.07) is 8.76. The van der Waals surface area contributed by atoms with Gasteiger partial charge in [0.2, 0.25) is 0 Å². The lowest BCUT2D eigenvalue weighted by atomic mass is 10.2. The Kier molecular flexibility index (Phi) is 3.37. The minimum absolute atomic E-state index is 0.104. The van der Waals surface area contributed by atoms with Crippen LogP contribution in [-0.4, -0.2) is 18.8 Å². The van der Waals surface area contributed by atoms with Crippen LogP contribution in [0.4, 0.5) is 0 Å². The molecule has 4 heteroatoms. The second kappa shape index (κ2) is 4.96. The van der Waals surface area contributed by atoms with E-state index in [1.54, 1.807) is 37.1 Å². The Balaban J connectivity index is 2.71. The van der Waals surface area contributed by atoms with Crippen molar-refractivity contribution in [3.8, 4) is 17.2 Å². The zero-order valence-electron chi connectivity index (χ0n) is 10.6. The van der Waals surface area contributed by atoms with Crippen molar-refractivity contribution in [1.82, 2.24) is 4.57 Å². The molecule has 0 atom stereocenters. The molecule has 4 nitrogen and oxygen atoms in total. The van der Waals surface area contributed by atoms with Crippen molar-refractivity contribution in [1.29, 1.82) is 0 Å². The summed E-state index contributed by atoms with van der Waals surface area (Å²) in [4.78, 5) is 11.9. The van der Waals surface area contributed by atoms with E-state index in [4.69, 9.17) is 9.47 Å². The maximum absolute atomic E-state index is 11.9. The van der Waals surface area contributed by atoms with Crippen LogP contribution >= 0.6 is 0 Å². The van der Waals surface area contributed by atoms with Gasteiger partial charge in [0.25, 0.3) is 5.56 Å².